The summed E-state index contributed by atoms with van der Waals surface area (Å²) in [6, 6.07) is 0. The van der Waals surface area contributed by atoms with Crippen LogP contribution in [0.25, 0.3) is 11.5 Å². The zero-order valence-corrected chi connectivity index (χ0v) is 7.34. The van der Waals surface area contributed by atoms with E-state index in [9.17, 15) is 4.79 Å². The second-order valence-electron chi connectivity index (χ2n) is 2.75. The van der Waals surface area contributed by atoms with E-state index in [0.717, 1.165) is 6.26 Å². The van der Waals surface area contributed by atoms with Crippen LogP contribution >= 0.6 is 0 Å². The third-order valence-electron chi connectivity index (χ3n) is 1.68. The largest absolute Gasteiger partial charge is 0.476 e. The minimum Gasteiger partial charge on any atom is -0.476 e. The number of nitrogens with zero attached hydrogens (tertiary/aromatic N) is 3. The lowest BCUT2D eigenvalue weighted by molar-refractivity contribution is 0.0690. The van der Waals surface area contributed by atoms with Crippen LogP contribution in [0, 0.1) is 0 Å². The normalized spacial score (nSPS) is 10.4. The van der Waals surface area contributed by atoms with Gasteiger partial charge in [0.25, 0.3) is 0 Å². The fourth-order valence-corrected chi connectivity index (χ4v) is 1.04. The highest BCUT2D eigenvalue weighted by Gasteiger charge is 2.12. The van der Waals surface area contributed by atoms with E-state index in [1.165, 1.54) is 0 Å². The van der Waals surface area contributed by atoms with E-state index in [-0.39, 0.29) is 11.6 Å². The number of rotatable bonds is 2. The zero-order chi connectivity index (χ0) is 10.1. The number of carbonyl (C=O) groups is 1. The highest BCUT2D eigenvalue weighted by atomic mass is 16.4. The van der Waals surface area contributed by atoms with Crippen molar-refractivity contribution in [1.29, 1.82) is 0 Å². The van der Waals surface area contributed by atoms with Crippen LogP contribution in [0.2, 0.25) is 0 Å². The third-order valence-corrected chi connectivity index (χ3v) is 1.68. The van der Waals surface area contributed by atoms with Crippen molar-refractivity contribution in [1.82, 2.24) is 14.8 Å². The van der Waals surface area contributed by atoms with Gasteiger partial charge >= 0.3 is 5.97 Å². The first-order valence-corrected chi connectivity index (χ1v) is 3.84. The number of aromatic nitrogens is 3. The molecule has 0 unspecified atom stereocenters. The van der Waals surface area contributed by atoms with Crippen molar-refractivity contribution in [2.24, 2.45) is 7.05 Å². The first-order chi connectivity index (χ1) is 6.66. The predicted molar refractivity (Wildman–Crippen MR) is 45.7 cm³/mol. The Kier molecular flexibility index (Phi) is 1.81. The van der Waals surface area contributed by atoms with Gasteiger partial charge in [-0.3, -0.25) is 4.68 Å². The summed E-state index contributed by atoms with van der Waals surface area (Å²) in [7, 11) is 1.75. The number of aryl methyl sites for hydroxylation is 1. The van der Waals surface area contributed by atoms with E-state index in [1.807, 2.05) is 0 Å². The van der Waals surface area contributed by atoms with Gasteiger partial charge in [0.2, 0.25) is 5.89 Å². The minimum absolute atomic E-state index is 0.108. The summed E-state index contributed by atoms with van der Waals surface area (Å²) >= 11 is 0. The Morgan fingerprint density at radius 1 is 1.64 bits per heavy atom. The molecule has 0 saturated heterocycles. The number of oxazole rings is 1. The maximum absolute atomic E-state index is 10.5. The second kappa shape index (κ2) is 2.99. The Labute approximate surface area is 78.8 Å². The standard InChI is InChI=1S/C8H7N3O3/c1-11-3-5(2-9-11)7-10-6(4-14-7)8(12)13/h2-4H,1H3,(H,12,13). The number of carboxylic acids is 1. The van der Waals surface area contributed by atoms with Crippen molar-refractivity contribution >= 4 is 5.97 Å². The number of hydrogen-bond donors (Lipinski definition) is 1. The van der Waals surface area contributed by atoms with Crippen LogP contribution in [0.4, 0.5) is 0 Å². The lowest BCUT2D eigenvalue weighted by Crippen LogP contribution is -1.95. The lowest BCUT2D eigenvalue weighted by Gasteiger charge is -1.85. The van der Waals surface area contributed by atoms with Crippen molar-refractivity contribution in [3.8, 4) is 11.5 Å². The molecule has 0 aliphatic carbocycles. The second-order valence-corrected chi connectivity index (χ2v) is 2.75. The molecule has 0 bridgehead atoms. The predicted octanol–water partition coefficient (Wildman–Crippen LogP) is 0.773. The number of hydrogen-bond acceptors (Lipinski definition) is 4. The summed E-state index contributed by atoms with van der Waals surface area (Å²) in [6.45, 7) is 0. The van der Waals surface area contributed by atoms with E-state index < -0.39 is 5.97 Å². The van der Waals surface area contributed by atoms with Crippen molar-refractivity contribution in [2.75, 3.05) is 0 Å². The van der Waals surface area contributed by atoms with E-state index in [1.54, 1.807) is 24.1 Å². The van der Waals surface area contributed by atoms with Gasteiger partial charge in [-0.05, 0) is 0 Å². The van der Waals surface area contributed by atoms with Crippen molar-refractivity contribution < 1.29 is 14.3 Å². The van der Waals surface area contributed by atoms with Gasteiger partial charge in [0.15, 0.2) is 5.69 Å². The van der Waals surface area contributed by atoms with Gasteiger partial charge in [-0.25, -0.2) is 9.78 Å². The molecule has 0 spiro atoms. The molecule has 6 heteroatoms. The molecule has 0 atom stereocenters. The molecule has 6 nitrogen and oxygen atoms in total. The fraction of sp³-hybridized carbons (Fsp3) is 0.125. The molecule has 0 aliphatic heterocycles. The molecule has 0 amide bonds. The Balaban J connectivity index is 2.38. The molecule has 0 aliphatic rings. The lowest BCUT2D eigenvalue weighted by atomic mass is 10.4. The number of carboxylic acid groups (broad SMARTS) is 1. The SMILES string of the molecule is Cn1cc(-c2nc(C(=O)O)co2)cn1. The van der Waals surface area contributed by atoms with Gasteiger partial charge in [0, 0.05) is 13.2 Å². The topological polar surface area (TPSA) is 81.2 Å². The van der Waals surface area contributed by atoms with Crippen LogP contribution in [0.1, 0.15) is 10.5 Å². The molecule has 72 valence electrons. The molecule has 0 fully saturated rings. The fourth-order valence-electron chi connectivity index (χ4n) is 1.04. The molecule has 2 heterocycles. The maximum Gasteiger partial charge on any atom is 0.357 e. The Hall–Kier alpha value is -2.11. The molecular formula is C8H7N3O3. The highest BCUT2D eigenvalue weighted by molar-refractivity contribution is 5.85. The van der Waals surface area contributed by atoms with E-state index in [0.29, 0.717) is 5.56 Å². The van der Waals surface area contributed by atoms with Crippen molar-refractivity contribution in [2.45, 2.75) is 0 Å². The summed E-state index contributed by atoms with van der Waals surface area (Å²) in [5, 5.41) is 12.5. The number of aromatic carboxylic acids is 1. The van der Waals surface area contributed by atoms with Gasteiger partial charge in [-0.2, -0.15) is 5.10 Å². The smallest absolute Gasteiger partial charge is 0.357 e. The Morgan fingerprint density at radius 2 is 2.43 bits per heavy atom. The van der Waals surface area contributed by atoms with Crippen LogP contribution in [0.3, 0.4) is 0 Å². The molecule has 0 aromatic carbocycles. The molecule has 0 radical (unpaired) electrons. The highest BCUT2D eigenvalue weighted by Crippen LogP contribution is 2.16. The molecule has 0 saturated carbocycles. The molecule has 2 aromatic heterocycles. The minimum atomic E-state index is -1.11. The van der Waals surface area contributed by atoms with Crippen LogP contribution < -0.4 is 0 Å². The van der Waals surface area contributed by atoms with Gasteiger partial charge in [0.05, 0.1) is 11.8 Å². The first kappa shape index (κ1) is 8.49. The summed E-state index contributed by atoms with van der Waals surface area (Å²) in [6.07, 6.45) is 4.35. The van der Waals surface area contributed by atoms with Crippen molar-refractivity contribution in [3.05, 3.63) is 24.4 Å². The Bertz CT molecular complexity index is 472. The summed E-state index contributed by atoms with van der Waals surface area (Å²) in [5.41, 5.74) is 0.545. The molecule has 2 aromatic rings. The molecular weight excluding hydrogens is 186 g/mol. The average Bonchev–Trinajstić information content (AvgIpc) is 2.70. The van der Waals surface area contributed by atoms with Crippen LogP contribution in [0.5, 0.6) is 0 Å². The quantitative estimate of drug-likeness (QED) is 0.761. The first-order valence-electron chi connectivity index (χ1n) is 3.84. The van der Waals surface area contributed by atoms with E-state index in [2.05, 4.69) is 10.1 Å². The zero-order valence-electron chi connectivity index (χ0n) is 7.34. The maximum atomic E-state index is 10.5. The summed E-state index contributed by atoms with van der Waals surface area (Å²) < 4.78 is 6.56. The van der Waals surface area contributed by atoms with Crippen LogP contribution in [-0.2, 0) is 7.05 Å². The van der Waals surface area contributed by atoms with Gasteiger partial charge in [-0.1, -0.05) is 0 Å². The summed E-state index contributed by atoms with van der Waals surface area (Å²) in [4.78, 5) is 14.3. The van der Waals surface area contributed by atoms with Gasteiger partial charge in [-0.15, -0.1) is 0 Å². The monoisotopic (exact) mass is 193 g/mol. The average molecular weight is 193 g/mol. The van der Waals surface area contributed by atoms with E-state index >= 15 is 0 Å². The molecule has 14 heavy (non-hydrogen) atoms. The summed E-state index contributed by atoms with van der Waals surface area (Å²) in [5.74, 6) is -0.848. The third kappa shape index (κ3) is 1.37. The Morgan fingerprint density at radius 3 is 2.93 bits per heavy atom. The van der Waals surface area contributed by atoms with Gasteiger partial charge in [0.1, 0.15) is 6.26 Å². The molecule has 2 rings (SSSR count). The van der Waals surface area contributed by atoms with E-state index in [4.69, 9.17) is 9.52 Å². The van der Waals surface area contributed by atoms with Gasteiger partial charge < -0.3 is 9.52 Å². The van der Waals surface area contributed by atoms with Crippen molar-refractivity contribution in [3.63, 3.8) is 0 Å². The van der Waals surface area contributed by atoms with Crippen LogP contribution in [0.15, 0.2) is 23.1 Å². The molecule has 1 N–H and O–H groups in total. The van der Waals surface area contributed by atoms with Crippen LogP contribution in [-0.4, -0.2) is 25.8 Å².